The number of aryl methyl sites for hydroxylation is 2. The summed E-state index contributed by atoms with van der Waals surface area (Å²) in [5, 5.41) is 0. The molecule has 0 atom stereocenters. The molecule has 0 amide bonds. The smallest absolute Gasteiger partial charge is 0.419 e. The molecule has 1 N–H and O–H groups in total. The standard InChI is InChI=1S/C19H20N2O8S/c1-10-6-13-14(29-19(23)21(13)2)9-17(10)30(24,25)20-12-8-16(27-4)15(26-3)7-11(12)18(22)28-5/h6-9,20H,1-5H3. The Labute approximate surface area is 172 Å². The largest absolute Gasteiger partial charge is 0.493 e. The second-order valence-corrected chi connectivity index (χ2v) is 8.01. The van der Waals surface area contributed by atoms with E-state index in [1.165, 1.54) is 57.2 Å². The average Bonchev–Trinajstić information content (AvgIpc) is 2.99. The summed E-state index contributed by atoms with van der Waals surface area (Å²) < 4.78 is 50.1. The number of anilines is 1. The van der Waals surface area contributed by atoms with Crippen molar-refractivity contribution in [2.45, 2.75) is 11.8 Å². The number of esters is 1. The molecule has 11 heteroatoms. The van der Waals surface area contributed by atoms with Crippen molar-refractivity contribution in [3.8, 4) is 11.5 Å². The molecule has 160 valence electrons. The average molecular weight is 436 g/mol. The number of benzene rings is 2. The molecule has 30 heavy (non-hydrogen) atoms. The van der Waals surface area contributed by atoms with E-state index in [1.54, 1.807) is 6.92 Å². The number of rotatable bonds is 6. The molecule has 10 nitrogen and oxygen atoms in total. The van der Waals surface area contributed by atoms with Gasteiger partial charge in [0, 0.05) is 25.2 Å². The minimum atomic E-state index is -4.17. The van der Waals surface area contributed by atoms with Crippen molar-refractivity contribution in [2.24, 2.45) is 7.05 Å². The lowest BCUT2D eigenvalue weighted by Gasteiger charge is -2.16. The van der Waals surface area contributed by atoms with E-state index in [1.807, 2.05) is 0 Å². The molecular formula is C19H20N2O8S. The van der Waals surface area contributed by atoms with Crippen molar-refractivity contribution in [3.05, 3.63) is 45.9 Å². The van der Waals surface area contributed by atoms with E-state index in [0.29, 0.717) is 11.1 Å². The highest BCUT2D eigenvalue weighted by molar-refractivity contribution is 7.92. The monoisotopic (exact) mass is 436 g/mol. The Balaban J connectivity index is 2.15. The Bertz CT molecular complexity index is 1300. The Morgan fingerprint density at radius 2 is 1.70 bits per heavy atom. The molecule has 0 saturated heterocycles. The van der Waals surface area contributed by atoms with Crippen molar-refractivity contribution in [1.29, 1.82) is 0 Å². The van der Waals surface area contributed by atoms with E-state index in [9.17, 15) is 18.0 Å². The fraction of sp³-hybridized carbons (Fsp3) is 0.263. The minimum Gasteiger partial charge on any atom is -0.493 e. The zero-order valence-electron chi connectivity index (χ0n) is 16.9. The normalized spacial score (nSPS) is 11.4. The lowest BCUT2D eigenvalue weighted by Crippen LogP contribution is -2.17. The number of ether oxygens (including phenoxy) is 3. The third kappa shape index (κ3) is 3.59. The van der Waals surface area contributed by atoms with Crippen LogP contribution < -0.4 is 20.0 Å². The lowest BCUT2D eigenvalue weighted by molar-refractivity contribution is 0.0601. The molecule has 0 unspecified atom stereocenters. The molecule has 0 aliphatic heterocycles. The van der Waals surface area contributed by atoms with Crippen LogP contribution >= 0.6 is 0 Å². The van der Waals surface area contributed by atoms with E-state index in [4.69, 9.17) is 18.6 Å². The number of sulfonamides is 1. The van der Waals surface area contributed by atoms with Crippen LogP contribution in [-0.4, -0.2) is 40.3 Å². The van der Waals surface area contributed by atoms with Gasteiger partial charge in [0.15, 0.2) is 17.1 Å². The second-order valence-electron chi connectivity index (χ2n) is 6.36. The molecule has 1 heterocycles. The summed E-state index contributed by atoms with van der Waals surface area (Å²) in [6.07, 6.45) is 0. The summed E-state index contributed by atoms with van der Waals surface area (Å²) >= 11 is 0. The Kier molecular flexibility index (Phi) is 5.49. The van der Waals surface area contributed by atoms with Crippen LogP contribution in [0.2, 0.25) is 0 Å². The molecule has 3 rings (SSSR count). The SMILES string of the molecule is COC(=O)c1cc(OC)c(OC)cc1NS(=O)(=O)c1cc2oc(=O)n(C)c2cc1C. The van der Waals surface area contributed by atoms with Gasteiger partial charge in [-0.1, -0.05) is 0 Å². The maximum Gasteiger partial charge on any atom is 0.419 e. The van der Waals surface area contributed by atoms with Crippen molar-refractivity contribution in [2.75, 3.05) is 26.1 Å². The summed E-state index contributed by atoms with van der Waals surface area (Å²) in [4.78, 5) is 23.8. The van der Waals surface area contributed by atoms with Crippen LogP contribution in [0.25, 0.3) is 11.1 Å². The Morgan fingerprint density at radius 1 is 1.07 bits per heavy atom. The van der Waals surface area contributed by atoms with Gasteiger partial charge in [0.1, 0.15) is 0 Å². The fourth-order valence-electron chi connectivity index (χ4n) is 2.99. The van der Waals surface area contributed by atoms with Gasteiger partial charge in [0.25, 0.3) is 10.0 Å². The van der Waals surface area contributed by atoms with Crippen molar-refractivity contribution < 1.29 is 31.8 Å². The van der Waals surface area contributed by atoms with Crippen LogP contribution in [0.5, 0.6) is 11.5 Å². The summed E-state index contributed by atoms with van der Waals surface area (Å²) in [5.74, 6) is -0.941. The lowest BCUT2D eigenvalue weighted by atomic mass is 10.1. The van der Waals surface area contributed by atoms with Gasteiger partial charge in [-0.2, -0.15) is 0 Å². The van der Waals surface area contributed by atoms with Crippen molar-refractivity contribution >= 4 is 32.8 Å². The fourth-order valence-corrected chi connectivity index (χ4v) is 4.30. The molecular weight excluding hydrogens is 416 g/mol. The van der Waals surface area contributed by atoms with Crippen LogP contribution in [0.15, 0.2) is 38.4 Å². The molecule has 0 radical (unpaired) electrons. The van der Waals surface area contributed by atoms with Gasteiger partial charge in [0.2, 0.25) is 0 Å². The molecule has 0 saturated carbocycles. The molecule has 0 spiro atoms. The van der Waals surface area contributed by atoms with E-state index >= 15 is 0 Å². The quantitative estimate of drug-likeness (QED) is 0.582. The minimum absolute atomic E-state index is 0.0616. The van der Waals surface area contributed by atoms with Crippen LogP contribution in [-0.2, 0) is 21.8 Å². The third-order valence-electron chi connectivity index (χ3n) is 4.55. The second kappa shape index (κ2) is 7.75. The number of fused-ring (bicyclic) bond motifs is 1. The first-order chi connectivity index (χ1) is 14.1. The van der Waals surface area contributed by atoms with Gasteiger partial charge < -0.3 is 18.6 Å². The third-order valence-corrected chi connectivity index (χ3v) is 6.06. The summed E-state index contributed by atoms with van der Waals surface area (Å²) in [6.45, 7) is 1.58. The number of methoxy groups -OCH3 is 3. The topological polar surface area (TPSA) is 126 Å². The number of nitrogens with one attached hydrogen (secondary N) is 1. The van der Waals surface area contributed by atoms with E-state index in [2.05, 4.69) is 4.72 Å². The molecule has 0 bridgehead atoms. The highest BCUT2D eigenvalue weighted by Crippen LogP contribution is 2.35. The van der Waals surface area contributed by atoms with Gasteiger partial charge in [-0.3, -0.25) is 9.29 Å². The van der Waals surface area contributed by atoms with Gasteiger partial charge in [0.05, 0.1) is 43.0 Å². The Morgan fingerprint density at radius 3 is 2.30 bits per heavy atom. The zero-order valence-corrected chi connectivity index (χ0v) is 17.7. The van der Waals surface area contributed by atoms with Gasteiger partial charge >= 0.3 is 11.7 Å². The van der Waals surface area contributed by atoms with Crippen LogP contribution in [0, 0.1) is 6.92 Å². The summed E-state index contributed by atoms with van der Waals surface area (Å²) in [7, 11) is 1.28. The molecule has 0 aliphatic rings. The molecule has 1 aromatic heterocycles. The zero-order chi connectivity index (χ0) is 22.2. The van der Waals surface area contributed by atoms with E-state index in [0.717, 1.165) is 0 Å². The van der Waals surface area contributed by atoms with Gasteiger partial charge in [-0.05, 0) is 18.6 Å². The maximum atomic E-state index is 13.1. The number of carbonyl (C=O) groups excluding carboxylic acids is 1. The van der Waals surface area contributed by atoms with Gasteiger partial charge in [-0.25, -0.2) is 18.0 Å². The van der Waals surface area contributed by atoms with Crippen molar-refractivity contribution in [3.63, 3.8) is 0 Å². The van der Waals surface area contributed by atoms with Crippen LogP contribution in [0.3, 0.4) is 0 Å². The molecule has 0 fully saturated rings. The first-order valence-electron chi connectivity index (χ1n) is 8.60. The summed E-state index contributed by atoms with van der Waals surface area (Å²) in [6, 6.07) is 5.42. The number of oxazole rings is 1. The summed E-state index contributed by atoms with van der Waals surface area (Å²) in [5.41, 5.74) is 0.829. The van der Waals surface area contributed by atoms with E-state index in [-0.39, 0.29) is 33.2 Å². The number of hydrogen-bond donors (Lipinski definition) is 1. The van der Waals surface area contributed by atoms with Crippen LogP contribution in [0.4, 0.5) is 5.69 Å². The molecule has 3 aromatic rings. The number of nitrogens with zero attached hydrogens (tertiary/aromatic N) is 1. The molecule has 0 aliphatic carbocycles. The molecule has 2 aromatic carbocycles. The number of hydrogen-bond acceptors (Lipinski definition) is 8. The van der Waals surface area contributed by atoms with Gasteiger partial charge in [-0.15, -0.1) is 0 Å². The number of carbonyl (C=O) groups is 1. The van der Waals surface area contributed by atoms with Crippen LogP contribution in [0.1, 0.15) is 15.9 Å². The first kappa shape index (κ1) is 21.2. The first-order valence-corrected chi connectivity index (χ1v) is 10.1. The predicted octanol–water partition coefficient (Wildman–Crippen LogP) is 2.04. The van der Waals surface area contributed by atoms with E-state index < -0.39 is 21.7 Å². The maximum absolute atomic E-state index is 13.1. The van der Waals surface area contributed by atoms with Crippen molar-refractivity contribution in [1.82, 2.24) is 4.57 Å². The number of aromatic nitrogens is 1. The highest BCUT2D eigenvalue weighted by atomic mass is 32.2. The Hall–Kier alpha value is -3.47. The predicted molar refractivity (Wildman–Crippen MR) is 108 cm³/mol. The highest BCUT2D eigenvalue weighted by Gasteiger charge is 2.25.